The molecule has 0 fully saturated rings. The summed E-state index contributed by atoms with van der Waals surface area (Å²) in [5.74, 6) is -0.484. The van der Waals surface area contributed by atoms with Crippen molar-refractivity contribution in [3.63, 3.8) is 0 Å². The SMILES string of the molecule is O=c1[nH]cncc1OC(F)F. The summed E-state index contributed by atoms with van der Waals surface area (Å²) in [6.07, 6.45) is 2.01. The van der Waals surface area contributed by atoms with Crippen molar-refractivity contribution in [3.8, 4) is 5.75 Å². The van der Waals surface area contributed by atoms with E-state index < -0.39 is 17.9 Å². The van der Waals surface area contributed by atoms with Crippen LogP contribution < -0.4 is 10.3 Å². The minimum absolute atomic E-state index is 0.484. The van der Waals surface area contributed by atoms with E-state index >= 15 is 0 Å². The third-order valence-corrected chi connectivity index (χ3v) is 0.902. The molecule has 1 aromatic rings. The van der Waals surface area contributed by atoms with Gasteiger partial charge in [0.15, 0.2) is 0 Å². The Morgan fingerprint density at radius 3 is 2.91 bits per heavy atom. The highest BCUT2D eigenvalue weighted by atomic mass is 19.3. The monoisotopic (exact) mass is 162 g/mol. The summed E-state index contributed by atoms with van der Waals surface area (Å²) in [7, 11) is 0. The Morgan fingerprint density at radius 2 is 2.36 bits per heavy atom. The molecule has 0 aliphatic rings. The molecule has 6 heteroatoms. The molecule has 0 bridgehead atoms. The van der Waals surface area contributed by atoms with Gasteiger partial charge in [-0.05, 0) is 0 Å². The summed E-state index contributed by atoms with van der Waals surface area (Å²) in [4.78, 5) is 16.1. The predicted octanol–water partition coefficient (Wildman–Crippen LogP) is 0.371. The first-order chi connectivity index (χ1) is 5.20. The van der Waals surface area contributed by atoms with Crippen LogP contribution in [0, 0.1) is 0 Å². The number of nitrogens with zero attached hydrogens (tertiary/aromatic N) is 1. The van der Waals surface area contributed by atoms with Gasteiger partial charge in [-0.15, -0.1) is 0 Å². The van der Waals surface area contributed by atoms with Crippen LogP contribution in [0.15, 0.2) is 17.3 Å². The first kappa shape index (κ1) is 7.64. The number of ether oxygens (including phenoxy) is 1. The van der Waals surface area contributed by atoms with Crippen LogP contribution in [0.2, 0.25) is 0 Å². The Morgan fingerprint density at radius 1 is 1.64 bits per heavy atom. The van der Waals surface area contributed by atoms with Gasteiger partial charge in [0.25, 0.3) is 5.56 Å². The summed E-state index contributed by atoms with van der Waals surface area (Å²) in [5.41, 5.74) is -0.722. The molecule has 1 rings (SSSR count). The molecule has 1 N–H and O–H groups in total. The highest BCUT2D eigenvalue weighted by Crippen LogP contribution is 2.02. The lowest BCUT2D eigenvalue weighted by Gasteiger charge is -1.99. The third-order valence-electron chi connectivity index (χ3n) is 0.902. The molecule has 0 atom stereocenters. The van der Waals surface area contributed by atoms with Gasteiger partial charge in [-0.3, -0.25) is 4.79 Å². The van der Waals surface area contributed by atoms with Crippen molar-refractivity contribution in [2.24, 2.45) is 0 Å². The first-order valence-corrected chi connectivity index (χ1v) is 2.67. The highest BCUT2D eigenvalue weighted by Gasteiger charge is 2.06. The highest BCUT2D eigenvalue weighted by molar-refractivity contribution is 5.10. The van der Waals surface area contributed by atoms with E-state index in [1.807, 2.05) is 0 Å². The average Bonchev–Trinajstić information content (AvgIpc) is 1.93. The van der Waals surface area contributed by atoms with Crippen molar-refractivity contribution in [2.45, 2.75) is 6.61 Å². The van der Waals surface area contributed by atoms with E-state index in [2.05, 4.69) is 14.7 Å². The van der Waals surface area contributed by atoms with Gasteiger partial charge in [-0.25, -0.2) is 4.98 Å². The molecule has 60 valence electrons. The second-order valence-corrected chi connectivity index (χ2v) is 1.62. The lowest BCUT2D eigenvalue weighted by Crippen LogP contribution is -2.14. The van der Waals surface area contributed by atoms with Gasteiger partial charge in [0, 0.05) is 0 Å². The summed E-state index contributed by atoms with van der Waals surface area (Å²) in [6.45, 7) is -3.00. The molecule has 0 aliphatic carbocycles. The molecule has 0 unspecified atom stereocenters. The molecule has 0 amide bonds. The fourth-order valence-electron chi connectivity index (χ4n) is 0.511. The number of rotatable bonds is 2. The molecular weight excluding hydrogens is 158 g/mol. The van der Waals surface area contributed by atoms with Crippen LogP contribution in [0.5, 0.6) is 5.75 Å². The van der Waals surface area contributed by atoms with Crippen molar-refractivity contribution >= 4 is 0 Å². The van der Waals surface area contributed by atoms with Crippen LogP contribution in [0.25, 0.3) is 0 Å². The summed E-state index contributed by atoms with van der Waals surface area (Å²) < 4.78 is 26.8. The van der Waals surface area contributed by atoms with Crippen molar-refractivity contribution in [1.82, 2.24) is 9.97 Å². The Labute approximate surface area is 59.8 Å². The van der Waals surface area contributed by atoms with Gasteiger partial charge in [0.1, 0.15) is 0 Å². The largest absolute Gasteiger partial charge is 0.427 e. The number of nitrogens with one attached hydrogen (secondary N) is 1. The van der Waals surface area contributed by atoms with Crippen LogP contribution in [0.3, 0.4) is 0 Å². The second-order valence-electron chi connectivity index (χ2n) is 1.62. The molecule has 1 heterocycles. The number of aromatic nitrogens is 2. The van der Waals surface area contributed by atoms with Crippen LogP contribution in [0.1, 0.15) is 0 Å². The number of hydrogen-bond acceptors (Lipinski definition) is 3. The van der Waals surface area contributed by atoms with E-state index in [1.165, 1.54) is 0 Å². The fraction of sp³-hybridized carbons (Fsp3) is 0.200. The van der Waals surface area contributed by atoms with Gasteiger partial charge >= 0.3 is 6.61 Å². The topological polar surface area (TPSA) is 55.0 Å². The van der Waals surface area contributed by atoms with Crippen molar-refractivity contribution in [3.05, 3.63) is 22.9 Å². The number of alkyl halides is 2. The Hall–Kier alpha value is -1.46. The van der Waals surface area contributed by atoms with E-state index in [9.17, 15) is 13.6 Å². The lowest BCUT2D eigenvalue weighted by molar-refractivity contribution is -0.0511. The molecule has 4 nitrogen and oxygen atoms in total. The van der Waals surface area contributed by atoms with Crippen molar-refractivity contribution in [1.29, 1.82) is 0 Å². The number of aromatic amines is 1. The van der Waals surface area contributed by atoms with E-state index in [-0.39, 0.29) is 0 Å². The zero-order valence-electron chi connectivity index (χ0n) is 5.25. The van der Waals surface area contributed by atoms with Gasteiger partial charge in [0.05, 0.1) is 12.5 Å². The van der Waals surface area contributed by atoms with Gasteiger partial charge in [-0.1, -0.05) is 0 Å². The zero-order valence-corrected chi connectivity index (χ0v) is 5.25. The average molecular weight is 162 g/mol. The Bertz CT molecular complexity index is 286. The van der Waals surface area contributed by atoms with Crippen molar-refractivity contribution < 1.29 is 13.5 Å². The predicted molar refractivity (Wildman–Crippen MR) is 31.5 cm³/mol. The van der Waals surface area contributed by atoms with E-state index in [1.54, 1.807) is 0 Å². The smallest absolute Gasteiger partial charge is 0.387 e. The van der Waals surface area contributed by atoms with Gasteiger partial charge < -0.3 is 9.72 Å². The van der Waals surface area contributed by atoms with Crippen LogP contribution in [-0.2, 0) is 0 Å². The zero-order chi connectivity index (χ0) is 8.27. The minimum atomic E-state index is -3.00. The van der Waals surface area contributed by atoms with E-state index in [4.69, 9.17) is 0 Å². The molecule has 0 radical (unpaired) electrons. The maximum atomic E-state index is 11.5. The Kier molecular flexibility index (Phi) is 2.15. The summed E-state index contributed by atoms with van der Waals surface area (Å²) in [6, 6.07) is 0. The minimum Gasteiger partial charge on any atom is -0.427 e. The van der Waals surface area contributed by atoms with Crippen LogP contribution >= 0.6 is 0 Å². The summed E-state index contributed by atoms with van der Waals surface area (Å²) in [5, 5.41) is 0. The molecule has 11 heavy (non-hydrogen) atoms. The van der Waals surface area contributed by atoms with E-state index in [0.29, 0.717) is 0 Å². The van der Waals surface area contributed by atoms with Crippen LogP contribution in [0.4, 0.5) is 8.78 Å². The standard InChI is InChI=1S/C5H4F2N2O2/c6-5(7)11-3-1-8-2-9-4(3)10/h1-2,5H,(H,8,9,10). The molecular formula is C5H4F2N2O2. The summed E-state index contributed by atoms with van der Waals surface area (Å²) >= 11 is 0. The van der Waals surface area contributed by atoms with Crippen LogP contribution in [-0.4, -0.2) is 16.6 Å². The first-order valence-electron chi connectivity index (χ1n) is 2.67. The molecule has 0 spiro atoms. The third kappa shape index (κ3) is 1.99. The molecule has 0 aromatic carbocycles. The molecule has 1 aromatic heterocycles. The molecule has 0 aliphatic heterocycles. The second kappa shape index (κ2) is 3.09. The fourth-order valence-corrected chi connectivity index (χ4v) is 0.511. The maximum Gasteiger partial charge on any atom is 0.387 e. The normalized spacial score (nSPS) is 10.1. The molecule has 0 saturated heterocycles. The molecule has 0 saturated carbocycles. The number of H-pyrrole nitrogens is 1. The number of halogens is 2. The van der Waals surface area contributed by atoms with Gasteiger partial charge in [0.2, 0.25) is 5.75 Å². The van der Waals surface area contributed by atoms with E-state index in [0.717, 1.165) is 12.5 Å². The quantitative estimate of drug-likeness (QED) is 0.683. The number of hydrogen-bond donors (Lipinski definition) is 1. The maximum absolute atomic E-state index is 11.5. The Balaban J connectivity index is 2.87. The lowest BCUT2D eigenvalue weighted by atomic mass is 10.6. The van der Waals surface area contributed by atoms with Gasteiger partial charge in [-0.2, -0.15) is 8.78 Å². The van der Waals surface area contributed by atoms with Crippen molar-refractivity contribution in [2.75, 3.05) is 0 Å².